The van der Waals surface area contributed by atoms with Crippen LogP contribution in [0.5, 0.6) is 0 Å². The number of carbonyl (C=O) groups is 1. The summed E-state index contributed by atoms with van der Waals surface area (Å²) in [5, 5.41) is 3.06. The highest BCUT2D eigenvalue weighted by Crippen LogP contribution is 2.33. The van der Waals surface area contributed by atoms with Gasteiger partial charge in [-0.05, 0) is 17.7 Å². The molecule has 1 aliphatic rings. The second-order valence-corrected chi connectivity index (χ2v) is 4.51. The highest BCUT2D eigenvalue weighted by atomic mass is 19.4. The Morgan fingerprint density at radius 1 is 1.26 bits per heavy atom. The Morgan fingerprint density at radius 2 is 1.89 bits per heavy atom. The summed E-state index contributed by atoms with van der Waals surface area (Å²) in [5.74, 6) is -0.827. The molecule has 3 nitrogen and oxygen atoms in total. The first-order valence-electron chi connectivity index (χ1n) is 5.89. The van der Waals surface area contributed by atoms with Crippen LogP contribution in [-0.2, 0) is 15.7 Å². The van der Waals surface area contributed by atoms with Gasteiger partial charge < -0.3 is 10.1 Å². The van der Waals surface area contributed by atoms with E-state index < -0.39 is 11.7 Å². The molecule has 0 amide bonds. The highest BCUT2D eigenvalue weighted by Gasteiger charge is 2.35. The average molecular weight is 273 g/mol. The van der Waals surface area contributed by atoms with Gasteiger partial charge in [0.1, 0.15) is 0 Å². The Labute approximate surface area is 108 Å². The van der Waals surface area contributed by atoms with Gasteiger partial charge in [0.05, 0.1) is 18.6 Å². The Balaban J connectivity index is 2.20. The molecule has 0 aromatic heterocycles. The molecule has 1 N–H and O–H groups in total. The van der Waals surface area contributed by atoms with Crippen LogP contribution >= 0.6 is 0 Å². The quantitative estimate of drug-likeness (QED) is 0.839. The topological polar surface area (TPSA) is 38.3 Å². The number of esters is 1. The van der Waals surface area contributed by atoms with E-state index in [0.717, 1.165) is 12.1 Å². The summed E-state index contributed by atoms with van der Waals surface area (Å²) < 4.78 is 42.1. The van der Waals surface area contributed by atoms with Crippen molar-refractivity contribution in [2.45, 2.75) is 12.1 Å². The van der Waals surface area contributed by atoms with Crippen molar-refractivity contribution in [3.63, 3.8) is 0 Å². The van der Waals surface area contributed by atoms with Crippen LogP contribution in [0.15, 0.2) is 24.3 Å². The molecule has 1 heterocycles. The summed E-state index contributed by atoms with van der Waals surface area (Å²) >= 11 is 0. The number of rotatable bonds is 2. The largest absolute Gasteiger partial charge is 0.469 e. The van der Waals surface area contributed by atoms with Gasteiger partial charge in [0.2, 0.25) is 0 Å². The molecular weight excluding hydrogens is 259 g/mol. The lowest BCUT2D eigenvalue weighted by Crippen LogP contribution is -2.23. The monoisotopic (exact) mass is 273 g/mol. The number of methoxy groups -OCH3 is 1. The van der Waals surface area contributed by atoms with Gasteiger partial charge in [0, 0.05) is 19.0 Å². The summed E-state index contributed by atoms with van der Waals surface area (Å²) in [5.41, 5.74) is 0.0326. The van der Waals surface area contributed by atoms with E-state index in [-0.39, 0.29) is 17.8 Å². The number of benzene rings is 1. The Hall–Kier alpha value is -1.56. The van der Waals surface area contributed by atoms with E-state index in [0.29, 0.717) is 18.7 Å². The van der Waals surface area contributed by atoms with Crippen LogP contribution in [-0.4, -0.2) is 26.2 Å². The predicted octanol–water partition coefficient (Wildman–Crippen LogP) is 2.18. The molecule has 19 heavy (non-hydrogen) atoms. The maximum absolute atomic E-state index is 12.5. The number of alkyl halides is 3. The average Bonchev–Trinajstić information content (AvgIpc) is 2.86. The van der Waals surface area contributed by atoms with Gasteiger partial charge in [-0.3, -0.25) is 4.79 Å². The van der Waals surface area contributed by atoms with E-state index in [1.54, 1.807) is 0 Å². The minimum absolute atomic E-state index is 0.144. The molecule has 2 rings (SSSR count). The van der Waals surface area contributed by atoms with Gasteiger partial charge in [-0.1, -0.05) is 12.1 Å². The first-order valence-corrected chi connectivity index (χ1v) is 5.89. The van der Waals surface area contributed by atoms with Gasteiger partial charge in [-0.15, -0.1) is 0 Å². The molecule has 0 saturated carbocycles. The van der Waals surface area contributed by atoms with Crippen LogP contribution in [0, 0.1) is 5.92 Å². The molecule has 0 unspecified atom stereocenters. The van der Waals surface area contributed by atoms with E-state index >= 15 is 0 Å². The van der Waals surface area contributed by atoms with Crippen LogP contribution in [0.2, 0.25) is 0 Å². The van der Waals surface area contributed by atoms with E-state index in [1.165, 1.54) is 19.2 Å². The molecule has 6 heteroatoms. The van der Waals surface area contributed by atoms with Gasteiger partial charge in [-0.25, -0.2) is 0 Å². The fraction of sp³-hybridized carbons (Fsp3) is 0.462. The lowest BCUT2D eigenvalue weighted by molar-refractivity contribution is -0.145. The molecular formula is C13H14F3NO2. The Kier molecular flexibility index (Phi) is 3.80. The minimum Gasteiger partial charge on any atom is -0.469 e. The number of ether oxygens (including phenoxy) is 1. The standard InChI is InChI=1S/C13H14F3NO2/c1-19-12(18)11-7-17-6-10(11)8-2-4-9(5-3-8)13(14,15)16/h2-5,10-11,17H,6-7H2,1H3/t10-,11+/m0/s1. The second kappa shape index (κ2) is 5.21. The van der Waals surface area contributed by atoms with E-state index in [1.807, 2.05) is 0 Å². The zero-order valence-corrected chi connectivity index (χ0v) is 10.3. The lowest BCUT2D eigenvalue weighted by Gasteiger charge is -2.17. The van der Waals surface area contributed by atoms with Crippen LogP contribution in [0.1, 0.15) is 17.0 Å². The molecule has 2 atom stereocenters. The van der Waals surface area contributed by atoms with Crippen molar-refractivity contribution < 1.29 is 22.7 Å². The molecule has 0 bridgehead atoms. The zero-order chi connectivity index (χ0) is 14.0. The van der Waals surface area contributed by atoms with E-state index in [4.69, 9.17) is 4.74 Å². The van der Waals surface area contributed by atoms with Crippen molar-refractivity contribution in [2.75, 3.05) is 20.2 Å². The first kappa shape index (κ1) is 13.9. The van der Waals surface area contributed by atoms with Crippen molar-refractivity contribution >= 4 is 5.97 Å². The molecule has 1 aromatic carbocycles. The van der Waals surface area contributed by atoms with Crippen LogP contribution < -0.4 is 5.32 Å². The maximum Gasteiger partial charge on any atom is 0.416 e. The second-order valence-electron chi connectivity index (χ2n) is 4.51. The summed E-state index contributed by atoms with van der Waals surface area (Å²) in [4.78, 5) is 11.6. The molecule has 0 radical (unpaired) electrons. The molecule has 1 fully saturated rings. The van der Waals surface area contributed by atoms with E-state index in [9.17, 15) is 18.0 Å². The van der Waals surface area contributed by atoms with Crippen molar-refractivity contribution in [1.82, 2.24) is 5.32 Å². The van der Waals surface area contributed by atoms with Gasteiger partial charge in [0.25, 0.3) is 0 Å². The van der Waals surface area contributed by atoms with Crippen molar-refractivity contribution in [2.24, 2.45) is 5.92 Å². The molecule has 1 aromatic rings. The summed E-state index contributed by atoms with van der Waals surface area (Å²) in [7, 11) is 1.31. The number of hydrogen-bond donors (Lipinski definition) is 1. The Bertz CT molecular complexity index is 456. The molecule has 104 valence electrons. The van der Waals surface area contributed by atoms with Crippen molar-refractivity contribution in [3.05, 3.63) is 35.4 Å². The SMILES string of the molecule is COC(=O)[C@@H]1CNC[C@H]1c1ccc(C(F)(F)F)cc1. The predicted molar refractivity (Wildman–Crippen MR) is 62.6 cm³/mol. The third-order valence-electron chi connectivity index (χ3n) is 3.38. The summed E-state index contributed by atoms with van der Waals surface area (Å²) in [6.07, 6.45) is -4.34. The number of carbonyl (C=O) groups excluding carboxylic acids is 1. The normalized spacial score (nSPS) is 23.4. The number of hydrogen-bond acceptors (Lipinski definition) is 3. The summed E-state index contributed by atoms with van der Waals surface area (Å²) in [6.45, 7) is 1.05. The van der Waals surface area contributed by atoms with Crippen LogP contribution in [0.25, 0.3) is 0 Å². The minimum atomic E-state index is -4.34. The van der Waals surface area contributed by atoms with Gasteiger partial charge in [0.15, 0.2) is 0 Å². The fourth-order valence-corrected chi connectivity index (χ4v) is 2.35. The van der Waals surface area contributed by atoms with E-state index in [2.05, 4.69) is 5.32 Å². The zero-order valence-electron chi connectivity index (χ0n) is 10.3. The van der Waals surface area contributed by atoms with Crippen LogP contribution in [0.4, 0.5) is 13.2 Å². The van der Waals surface area contributed by atoms with Crippen molar-refractivity contribution in [1.29, 1.82) is 0 Å². The summed E-state index contributed by atoms with van der Waals surface area (Å²) in [6, 6.07) is 4.94. The van der Waals surface area contributed by atoms with Gasteiger partial charge >= 0.3 is 12.1 Å². The number of nitrogens with one attached hydrogen (secondary N) is 1. The molecule has 0 aliphatic carbocycles. The maximum atomic E-state index is 12.5. The first-order chi connectivity index (χ1) is 8.93. The highest BCUT2D eigenvalue weighted by molar-refractivity contribution is 5.74. The Morgan fingerprint density at radius 3 is 2.42 bits per heavy atom. The molecule has 1 aliphatic heterocycles. The van der Waals surface area contributed by atoms with Gasteiger partial charge in [-0.2, -0.15) is 13.2 Å². The number of halogens is 3. The fourth-order valence-electron chi connectivity index (χ4n) is 2.35. The third kappa shape index (κ3) is 2.89. The smallest absolute Gasteiger partial charge is 0.416 e. The third-order valence-corrected chi connectivity index (χ3v) is 3.38. The lowest BCUT2D eigenvalue weighted by atomic mass is 9.88. The molecule has 0 spiro atoms. The molecule has 1 saturated heterocycles. The van der Waals surface area contributed by atoms with Crippen LogP contribution in [0.3, 0.4) is 0 Å². The van der Waals surface area contributed by atoms with Crippen molar-refractivity contribution in [3.8, 4) is 0 Å².